The third-order valence-corrected chi connectivity index (χ3v) is 8.77. The fourth-order valence-corrected chi connectivity index (χ4v) is 6.40. The summed E-state index contributed by atoms with van der Waals surface area (Å²) in [5.74, 6) is 0.0579. The molecule has 1 atom stereocenters. The van der Waals surface area contributed by atoms with Crippen molar-refractivity contribution in [2.24, 2.45) is 0 Å². The maximum absolute atomic E-state index is 12.6. The van der Waals surface area contributed by atoms with Gasteiger partial charge in [-0.2, -0.15) is 5.10 Å². The Morgan fingerprint density at radius 2 is 1.68 bits per heavy atom. The van der Waals surface area contributed by atoms with Gasteiger partial charge in [-0.25, -0.2) is 0 Å². The summed E-state index contributed by atoms with van der Waals surface area (Å²) in [4.78, 5) is 15.2. The Bertz CT molecular complexity index is 1580. The standard InChI is InChI=1S/C34H34N4O2/c39-33-29(30(21-35-33)26-7-3-1-4-8-26)19-25-11-15-28-31(36-37-32(28)20-25)16-12-24-9-13-27(14-10-24)34(22-40-23-34)38-17-5-2-6-18-38/h1,3-4,7-16,19-20,30H,2,5-6,17-18,21-23H2,(H,35,39)(H,36,37)/b16-12+,29-19+. The molecule has 2 N–H and O–H groups in total. The average Bonchev–Trinajstić information content (AvgIpc) is 3.55. The molecule has 6 nitrogen and oxygen atoms in total. The van der Waals surface area contributed by atoms with E-state index in [0.717, 1.165) is 65.2 Å². The van der Waals surface area contributed by atoms with Crippen LogP contribution in [0.4, 0.5) is 0 Å². The maximum atomic E-state index is 12.6. The van der Waals surface area contributed by atoms with Crippen molar-refractivity contribution in [2.45, 2.75) is 30.7 Å². The number of hydrogen-bond acceptors (Lipinski definition) is 4. The van der Waals surface area contributed by atoms with Gasteiger partial charge in [-0.05, 0) is 72.5 Å². The number of H-pyrrole nitrogens is 1. The molecule has 40 heavy (non-hydrogen) atoms. The summed E-state index contributed by atoms with van der Waals surface area (Å²) in [7, 11) is 0. The number of aromatic nitrogens is 2. The summed E-state index contributed by atoms with van der Waals surface area (Å²) in [5.41, 5.74) is 7.34. The Labute approximate surface area is 234 Å². The van der Waals surface area contributed by atoms with Gasteiger partial charge < -0.3 is 10.1 Å². The first-order chi connectivity index (χ1) is 19.7. The van der Waals surface area contributed by atoms with Crippen molar-refractivity contribution < 1.29 is 9.53 Å². The number of carbonyl (C=O) groups is 1. The Kier molecular flexibility index (Phi) is 6.58. The number of hydrogen-bond donors (Lipinski definition) is 2. The molecular weight excluding hydrogens is 496 g/mol. The fraction of sp³-hybridized carbons (Fsp3) is 0.294. The summed E-state index contributed by atoms with van der Waals surface area (Å²) < 4.78 is 5.70. The Hall–Kier alpha value is -4.00. The van der Waals surface area contributed by atoms with Crippen LogP contribution < -0.4 is 5.32 Å². The van der Waals surface area contributed by atoms with Crippen molar-refractivity contribution in [3.63, 3.8) is 0 Å². The molecule has 202 valence electrons. The number of nitrogens with zero attached hydrogens (tertiary/aromatic N) is 2. The van der Waals surface area contributed by atoms with Crippen LogP contribution >= 0.6 is 0 Å². The van der Waals surface area contributed by atoms with Crippen molar-refractivity contribution in [3.05, 3.63) is 106 Å². The second-order valence-electron chi connectivity index (χ2n) is 11.2. The minimum absolute atomic E-state index is 0.000106. The van der Waals surface area contributed by atoms with Crippen LogP contribution in [0.3, 0.4) is 0 Å². The molecule has 0 radical (unpaired) electrons. The largest absolute Gasteiger partial charge is 0.377 e. The zero-order valence-electron chi connectivity index (χ0n) is 22.6. The second kappa shape index (κ2) is 10.5. The van der Waals surface area contributed by atoms with E-state index in [9.17, 15) is 4.79 Å². The van der Waals surface area contributed by atoms with E-state index in [-0.39, 0.29) is 17.4 Å². The lowest BCUT2D eigenvalue weighted by Gasteiger charge is -2.51. The lowest BCUT2D eigenvalue weighted by atomic mass is 9.84. The third kappa shape index (κ3) is 4.57. The number of piperidine rings is 1. The summed E-state index contributed by atoms with van der Waals surface area (Å²) >= 11 is 0. The predicted molar refractivity (Wildman–Crippen MR) is 160 cm³/mol. The Morgan fingerprint density at radius 1 is 0.900 bits per heavy atom. The molecule has 6 heteroatoms. The van der Waals surface area contributed by atoms with E-state index in [1.54, 1.807) is 0 Å². The van der Waals surface area contributed by atoms with E-state index >= 15 is 0 Å². The zero-order valence-corrected chi connectivity index (χ0v) is 22.6. The zero-order chi connectivity index (χ0) is 26.9. The molecule has 4 heterocycles. The number of carbonyl (C=O) groups excluding carboxylic acids is 1. The van der Waals surface area contributed by atoms with Crippen molar-refractivity contribution >= 4 is 35.0 Å². The Morgan fingerprint density at radius 3 is 2.42 bits per heavy atom. The van der Waals surface area contributed by atoms with E-state index in [1.165, 1.54) is 24.8 Å². The lowest BCUT2D eigenvalue weighted by Crippen LogP contribution is -2.60. The smallest absolute Gasteiger partial charge is 0.247 e. The summed E-state index contributed by atoms with van der Waals surface area (Å²) in [6, 6.07) is 25.3. The lowest BCUT2D eigenvalue weighted by molar-refractivity contribution is -0.151. The highest BCUT2D eigenvalue weighted by Crippen LogP contribution is 2.38. The normalized spacial score (nSPS) is 22.1. The molecule has 3 aliphatic rings. The number of rotatable bonds is 6. The van der Waals surface area contributed by atoms with Gasteiger partial charge in [0.15, 0.2) is 0 Å². The quantitative estimate of drug-likeness (QED) is 0.312. The van der Waals surface area contributed by atoms with Gasteiger partial charge in [0.2, 0.25) is 5.91 Å². The van der Waals surface area contributed by atoms with Gasteiger partial charge in [-0.1, -0.05) is 73.2 Å². The number of likely N-dealkylation sites (tertiary alicyclic amines) is 1. The number of fused-ring (bicyclic) bond motifs is 1. The molecule has 1 aromatic heterocycles. The van der Waals surface area contributed by atoms with Crippen LogP contribution in [-0.2, 0) is 15.1 Å². The van der Waals surface area contributed by atoms with E-state index in [2.05, 4.69) is 87.2 Å². The van der Waals surface area contributed by atoms with Crippen LogP contribution in [0.1, 0.15) is 53.1 Å². The molecular formula is C34H34N4O2. The van der Waals surface area contributed by atoms with Gasteiger partial charge in [0.1, 0.15) is 0 Å². The highest BCUT2D eigenvalue weighted by atomic mass is 16.5. The van der Waals surface area contributed by atoms with Crippen molar-refractivity contribution in [1.29, 1.82) is 0 Å². The van der Waals surface area contributed by atoms with E-state index < -0.39 is 0 Å². The van der Waals surface area contributed by atoms with Gasteiger partial charge in [0.05, 0.1) is 30.0 Å². The van der Waals surface area contributed by atoms with Crippen molar-refractivity contribution in [1.82, 2.24) is 20.4 Å². The molecule has 1 unspecified atom stereocenters. The van der Waals surface area contributed by atoms with Gasteiger partial charge in [-0.3, -0.25) is 14.8 Å². The van der Waals surface area contributed by atoms with Gasteiger partial charge in [0, 0.05) is 23.4 Å². The molecule has 3 aromatic carbocycles. The highest BCUT2D eigenvalue weighted by Gasteiger charge is 2.45. The molecule has 0 aliphatic carbocycles. The molecule has 3 saturated heterocycles. The number of ether oxygens (including phenoxy) is 1. The van der Waals surface area contributed by atoms with Crippen LogP contribution in [0.2, 0.25) is 0 Å². The molecule has 0 saturated carbocycles. The van der Waals surface area contributed by atoms with Crippen LogP contribution in [0.5, 0.6) is 0 Å². The molecule has 3 aliphatic heterocycles. The van der Waals surface area contributed by atoms with Crippen LogP contribution in [0.25, 0.3) is 29.1 Å². The number of benzene rings is 3. The number of amides is 1. The summed E-state index contributed by atoms with van der Waals surface area (Å²) in [6.07, 6.45) is 10.1. The van der Waals surface area contributed by atoms with Crippen LogP contribution in [-0.4, -0.2) is 53.9 Å². The fourth-order valence-electron chi connectivity index (χ4n) is 6.40. The second-order valence-corrected chi connectivity index (χ2v) is 11.2. The predicted octanol–water partition coefficient (Wildman–Crippen LogP) is 5.74. The van der Waals surface area contributed by atoms with Gasteiger partial charge in [-0.15, -0.1) is 0 Å². The molecule has 3 fully saturated rings. The van der Waals surface area contributed by atoms with Crippen LogP contribution in [0, 0.1) is 0 Å². The highest BCUT2D eigenvalue weighted by molar-refractivity contribution is 6.02. The molecule has 7 rings (SSSR count). The van der Waals surface area contributed by atoms with E-state index in [4.69, 9.17) is 4.74 Å². The van der Waals surface area contributed by atoms with E-state index in [0.29, 0.717) is 6.54 Å². The summed E-state index contributed by atoms with van der Waals surface area (Å²) in [6.45, 7) is 4.53. The maximum Gasteiger partial charge on any atom is 0.247 e. The minimum Gasteiger partial charge on any atom is -0.377 e. The van der Waals surface area contributed by atoms with E-state index in [1.807, 2.05) is 24.3 Å². The van der Waals surface area contributed by atoms with Crippen molar-refractivity contribution in [2.75, 3.05) is 32.8 Å². The average molecular weight is 531 g/mol. The first-order valence-electron chi connectivity index (χ1n) is 14.3. The van der Waals surface area contributed by atoms with Crippen molar-refractivity contribution in [3.8, 4) is 0 Å². The molecule has 0 spiro atoms. The summed E-state index contributed by atoms with van der Waals surface area (Å²) in [5, 5.41) is 11.8. The Balaban J connectivity index is 1.09. The first-order valence-corrected chi connectivity index (χ1v) is 14.3. The first kappa shape index (κ1) is 25.0. The SMILES string of the molecule is O=C1NCC(c2ccccc2)/C1=C\c1ccc2c(/C=C/c3ccc(C4(N5CCCCC5)COC4)cc3)n[nH]c2c1. The topological polar surface area (TPSA) is 70.2 Å². The number of aromatic amines is 1. The van der Waals surface area contributed by atoms with Gasteiger partial charge in [0.25, 0.3) is 0 Å². The van der Waals surface area contributed by atoms with Crippen LogP contribution in [0.15, 0.2) is 78.4 Å². The third-order valence-electron chi connectivity index (χ3n) is 8.77. The monoisotopic (exact) mass is 530 g/mol. The van der Waals surface area contributed by atoms with Gasteiger partial charge >= 0.3 is 0 Å². The minimum atomic E-state index is -0.000106. The molecule has 0 bridgehead atoms. The number of nitrogens with one attached hydrogen (secondary N) is 2. The molecule has 1 amide bonds. The molecule has 4 aromatic rings.